The largest absolute Gasteiger partial charge is 0.241 e. The molecule has 0 aliphatic rings. The average molecular weight is 346 g/mol. The van der Waals surface area contributed by atoms with Gasteiger partial charge in [-0.05, 0) is 81.3 Å². The number of aryl methyl sites for hydroxylation is 4. The molecule has 0 fully saturated rings. The highest BCUT2D eigenvalue weighted by molar-refractivity contribution is 7.89. The van der Waals surface area contributed by atoms with Crippen molar-refractivity contribution in [2.45, 2.75) is 52.9 Å². The van der Waals surface area contributed by atoms with E-state index in [1.165, 1.54) is 16.7 Å². The molecular weight excluding hydrogens is 318 g/mol. The van der Waals surface area contributed by atoms with Crippen LogP contribution in [0.15, 0.2) is 29.2 Å². The Balaban J connectivity index is 2.21. The molecule has 130 valence electrons. The lowest BCUT2D eigenvalue weighted by molar-refractivity contribution is 0.580. The zero-order chi connectivity index (χ0) is 18.1. The van der Waals surface area contributed by atoms with E-state index in [4.69, 9.17) is 0 Å². The van der Waals surface area contributed by atoms with Crippen LogP contribution >= 0.6 is 0 Å². The molecule has 0 unspecified atom stereocenters. The van der Waals surface area contributed by atoms with Crippen molar-refractivity contribution < 1.29 is 8.42 Å². The average Bonchev–Trinajstić information content (AvgIpc) is 2.47. The van der Waals surface area contributed by atoms with E-state index in [1.54, 1.807) is 0 Å². The molecule has 0 saturated heterocycles. The molecule has 0 aliphatic carbocycles. The molecule has 0 aliphatic heterocycles. The summed E-state index contributed by atoms with van der Waals surface area (Å²) in [5.41, 5.74) is 7.28. The standard InChI is InChI=1S/C20H27NO2S/c1-13-7-8-19(16(4)11-13)9-10-21-24(22,23)20-17(5)14(2)12-15(3)18(20)6/h7-8,11-12,21H,9-10H2,1-6H3. The van der Waals surface area contributed by atoms with Gasteiger partial charge in [-0.3, -0.25) is 0 Å². The van der Waals surface area contributed by atoms with Crippen molar-refractivity contribution in [1.29, 1.82) is 0 Å². The van der Waals surface area contributed by atoms with Crippen LogP contribution in [0.5, 0.6) is 0 Å². The van der Waals surface area contributed by atoms with Crippen molar-refractivity contribution in [3.63, 3.8) is 0 Å². The Labute approximate surface area is 146 Å². The third-order valence-electron chi connectivity index (χ3n) is 4.75. The Hall–Kier alpha value is -1.65. The highest BCUT2D eigenvalue weighted by Gasteiger charge is 2.21. The maximum atomic E-state index is 12.8. The number of benzene rings is 2. The molecule has 3 nitrogen and oxygen atoms in total. The van der Waals surface area contributed by atoms with E-state index in [9.17, 15) is 8.42 Å². The number of sulfonamides is 1. The fourth-order valence-corrected chi connectivity index (χ4v) is 4.75. The summed E-state index contributed by atoms with van der Waals surface area (Å²) in [6.45, 7) is 12.2. The predicted molar refractivity (Wildman–Crippen MR) is 100 cm³/mol. The van der Waals surface area contributed by atoms with Crippen LogP contribution in [-0.2, 0) is 16.4 Å². The number of rotatable bonds is 5. The second-order valence-electron chi connectivity index (χ2n) is 6.67. The Morgan fingerprint density at radius 3 is 1.96 bits per heavy atom. The van der Waals surface area contributed by atoms with Crippen LogP contribution < -0.4 is 4.72 Å². The van der Waals surface area contributed by atoms with Gasteiger partial charge in [-0.25, -0.2) is 13.1 Å². The van der Waals surface area contributed by atoms with Crippen LogP contribution in [0.2, 0.25) is 0 Å². The van der Waals surface area contributed by atoms with E-state index in [0.29, 0.717) is 17.9 Å². The molecular formula is C20H27NO2S. The molecule has 4 heteroatoms. The summed E-state index contributed by atoms with van der Waals surface area (Å²) in [4.78, 5) is 0.431. The Bertz CT molecular complexity index is 841. The molecule has 2 aromatic carbocycles. The Kier molecular flexibility index (Phi) is 5.51. The first-order valence-corrected chi connectivity index (χ1v) is 9.75. The van der Waals surface area contributed by atoms with E-state index in [2.05, 4.69) is 36.8 Å². The van der Waals surface area contributed by atoms with Crippen LogP contribution in [0.3, 0.4) is 0 Å². The molecule has 1 N–H and O–H groups in total. The lowest BCUT2D eigenvalue weighted by Gasteiger charge is -2.16. The maximum absolute atomic E-state index is 12.8. The first-order chi connectivity index (χ1) is 11.1. The van der Waals surface area contributed by atoms with Gasteiger partial charge in [0.05, 0.1) is 4.90 Å². The number of hydrogen-bond acceptors (Lipinski definition) is 2. The molecule has 24 heavy (non-hydrogen) atoms. The van der Waals surface area contributed by atoms with E-state index in [-0.39, 0.29) is 0 Å². The van der Waals surface area contributed by atoms with Crippen LogP contribution in [0, 0.1) is 41.5 Å². The predicted octanol–water partition coefficient (Wildman–Crippen LogP) is 4.06. The van der Waals surface area contributed by atoms with Gasteiger partial charge in [0, 0.05) is 6.54 Å². The van der Waals surface area contributed by atoms with Crippen molar-refractivity contribution in [1.82, 2.24) is 4.72 Å². The zero-order valence-corrected chi connectivity index (χ0v) is 16.3. The monoisotopic (exact) mass is 345 g/mol. The van der Waals surface area contributed by atoms with Gasteiger partial charge >= 0.3 is 0 Å². The SMILES string of the molecule is Cc1ccc(CCNS(=O)(=O)c2c(C)c(C)cc(C)c2C)c(C)c1. The first kappa shape index (κ1) is 18.7. The van der Waals surface area contributed by atoms with Crippen LogP contribution in [0.1, 0.15) is 38.9 Å². The van der Waals surface area contributed by atoms with Gasteiger partial charge in [0.2, 0.25) is 10.0 Å². The molecule has 0 aromatic heterocycles. The summed E-state index contributed by atoms with van der Waals surface area (Å²) in [7, 11) is -3.51. The summed E-state index contributed by atoms with van der Waals surface area (Å²) in [6.07, 6.45) is 0.689. The minimum absolute atomic E-state index is 0.401. The molecule has 0 spiro atoms. The van der Waals surface area contributed by atoms with Gasteiger partial charge in [-0.15, -0.1) is 0 Å². The fourth-order valence-electron chi connectivity index (χ4n) is 3.10. The van der Waals surface area contributed by atoms with Gasteiger partial charge in [0.15, 0.2) is 0 Å². The second kappa shape index (κ2) is 7.08. The summed E-state index contributed by atoms with van der Waals surface area (Å²) < 4.78 is 28.4. The van der Waals surface area contributed by atoms with Crippen LogP contribution in [0.25, 0.3) is 0 Å². The summed E-state index contributed by atoms with van der Waals surface area (Å²) >= 11 is 0. The van der Waals surface area contributed by atoms with Gasteiger partial charge in [-0.2, -0.15) is 0 Å². The van der Waals surface area contributed by atoms with Gasteiger partial charge in [0.1, 0.15) is 0 Å². The first-order valence-electron chi connectivity index (χ1n) is 8.26. The lowest BCUT2D eigenvalue weighted by atomic mass is 10.0. The van der Waals surface area contributed by atoms with Crippen LogP contribution in [-0.4, -0.2) is 15.0 Å². The summed E-state index contributed by atoms with van der Waals surface area (Å²) in [5.74, 6) is 0. The molecule has 0 heterocycles. The van der Waals surface area contributed by atoms with Crippen molar-refractivity contribution in [2.75, 3.05) is 6.54 Å². The zero-order valence-electron chi connectivity index (χ0n) is 15.4. The minimum Gasteiger partial charge on any atom is -0.211 e. The minimum atomic E-state index is -3.51. The highest BCUT2D eigenvalue weighted by atomic mass is 32.2. The van der Waals surface area contributed by atoms with Crippen molar-refractivity contribution in [3.05, 3.63) is 63.2 Å². The van der Waals surface area contributed by atoms with E-state index < -0.39 is 10.0 Å². The Morgan fingerprint density at radius 1 is 0.833 bits per heavy atom. The molecule has 0 saturated carbocycles. The van der Waals surface area contributed by atoms with Crippen molar-refractivity contribution in [2.24, 2.45) is 0 Å². The van der Waals surface area contributed by atoms with Gasteiger partial charge < -0.3 is 0 Å². The quantitative estimate of drug-likeness (QED) is 0.888. The molecule has 2 rings (SSSR count). The van der Waals surface area contributed by atoms with Gasteiger partial charge in [0.25, 0.3) is 0 Å². The summed E-state index contributed by atoms with van der Waals surface area (Å²) in [5, 5.41) is 0. The number of hydrogen-bond donors (Lipinski definition) is 1. The third kappa shape index (κ3) is 3.87. The molecule has 0 atom stereocenters. The fraction of sp³-hybridized carbons (Fsp3) is 0.400. The maximum Gasteiger partial charge on any atom is 0.241 e. The topological polar surface area (TPSA) is 46.2 Å². The highest BCUT2D eigenvalue weighted by Crippen LogP contribution is 2.25. The molecule has 0 amide bonds. The Morgan fingerprint density at radius 2 is 1.42 bits per heavy atom. The summed E-state index contributed by atoms with van der Waals surface area (Å²) in [6, 6.07) is 8.31. The van der Waals surface area contributed by atoms with E-state index >= 15 is 0 Å². The lowest BCUT2D eigenvalue weighted by Crippen LogP contribution is -2.28. The third-order valence-corrected chi connectivity index (χ3v) is 6.48. The smallest absolute Gasteiger partial charge is 0.211 e. The molecule has 2 aromatic rings. The van der Waals surface area contributed by atoms with E-state index in [0.717, 1.165) is 22.3 Å². The number of nitrogens with one attached hydrogen (secondary N) is 1. The van der Waals surface area contributed by atoms with Gasteiger partial charge in [-0.1, -0.05) is 29.8 Å². The van der Waals surface area contributed by atoms with Crippen LogP contribution in [0.4, 0.5) is 0 Å². The normalized spacial score (nSPS) is 11.8. The van der Waals surface area contributed by atoms with Crippen molar-refractivity contribution in [3.8, 4) is 0 Å². The second-order valence-corrected chi connectivity index (χ2v) is 8.37. The van der Waals surface area contributed by atoms with E-state index in [1.807, 2.05) is 33.8 Å². The van der Waals surface area contributed by atoms with Crippen molar-refractivity contribution >= 4 is 10.0 Å². The molecule has 0 bridgehead atoms. The molecule has 0 radical (unpaired) electrons.